The second-order valence-electron chi connectivity index (χ2n) is 10.1. The van der Waals surface area contributed by atoms with Gasteiger partial charge in [-0.25, -0.2) is 0 Å². The standard InChI is InChI=1S/C30H46N2O4/c1-5-7-9-11-17-35-29-19-25(13-15-27(29)33)31-21-24(4)32(22-23(31)3)26-14-16-28(34)30(20-26)36-18-12-10-8-6-2/h13-16,19-20,23-24,33-34H,5-12,17-18,21-22H2,1-4H3. The Morgan fingerprint density at radius 3 is 1.47 bits per heavy atom. The number of piperazine rings is 1. The zero-order valence-electron chi connectivity index (χ0n) is 22.7. The summed E-state index contributed by atoms with van der Waals surface area (Å²) in [5.41, 5.74) is 2.13. The molecule has 1 heterocycles. The van der Waals surface area contributed by atoms with E-state index in [-0.39, 0.29) is 23.6 Å². The molecule has 0 bridgehead atoms. The maximum absolute atomic E-state index is 10.3. The Bertz CT molecular complexity index is 860. The van der Waals surface area contributed by atoms with Crippen molar-refractivity contribution in [3.63, 3.8) is 0 Å². The van der Waals surface area contributed by atoms with Gasteiger partial charge in [-0.3, -0.25) is 0 Å². The molecule has 2 aromatic rings. The SMILES string of the molecule is CCCCCCOc1cc(N2CC(C)N(c3ccc(O)c(OCCCCCC)c3)CC2C)ccc1O. The van der Waals surface area contributed by atoms with Gasteiger partial charge in [0, 0.05) is 48.7 Å². The van der Waals surface area contributed by atoms with Gasteiger partial charge in [0.1, 0.15) is 0 Å². The van der Waals surface area contributed by atoms with Gasteiger partial charge in [-0.1, -0.05) is 52.4 Å². The lowest BCUT2D eigenvalue weighted by molar-refractivity contribution is 0.289. The first-order chi connectivity index (χ1) is 17.4. The van der Waals surface area contributed by atoms with E-state index >= 15 is 0 Å². The zero-order valence-corrected chi connectivity index (χ0v) is 22.7. The van der Waals surface area contributed by atoms with Gasteiger partial charge >= 0.3 is 0 Å². The Kier molecular flexibility index (Phi) is 10.9. The lowest BCUT2D eigenvalue weighted by Gasteiger charge is -2.46. The van der Waals surface area contributed by atoms with Gasteiger partial charge in [0.25, 0.3) is 0 Å². The molecule has 2 N–H and O–H groups in total. The van der Waals surface area contributed by atoms with Crippen molar-refractivity contribution >= 4 is 11.4 Å². The van der Waals surface area contributed by atoms with Crippen LogP contribution in [0.1, 0.15) is 79.1 Å². The topological polar surface area (TPSA) is 65.4 Å². The Balaban J connectivity index is 1.64. The number of unbranched alkanes of at least 4 members (excludes halogenated alkanes) is 6. The molecule has 0 saturated carbocycles. The van der Waals surface area contributed by atoms with Gasteiger partial charge in [-0.05, 0) is 51.0 Å². The van der Waals surface area contributed by atoms with Crippen molar-refractivity contribution in [1.82, 2.24) is 0 Å². The van der Waals surface area contributed by atoms with Crippen LogP contribution >= 0.6 is 0 Å². The number of phenols is 2. The van der Waals surface area contributed by atoms with E-state index in [1.807, 2.05) is 24.3 Å². The predicted octanol–water partition coefficient (Wildman–Crippen LogP) is 7.12. The van der Waals surface area contributed by atoms with E-state index in [9.17, 15) is 10.2 Å². The average Bonchev–Trinajstić information content (AvgIpc) is 2.87. The van der Waals surface area contributed by atoms with E-state index in [1.54, 1.807) is 12.1 Å². The molecule has 0 aromatic heterocycles. The summed E-state index contributed by atoms with van der Waals surface area (Å²) in [4.78, 5) is 4.77. The number of benzene rings is 2. The lowest BCUT2D eigenvalue weighted by atomic mass is 10.1. The van der Waals surface area contributed by atoms with Gasteiger partial charge < -0.3 is 29.5 Å². The van der Waals surface area contributed by atoms with Crippen LogP contribution in [0.15, 0.2) is 36.4 Å². The number of phenolic OH excluding ortho intramolecular Hbond substituents is 2. The van der Waals surface area contributed by atoms with Crippen LogP contribution in [-0.4, -0.2) is 48.6 Å². The summed E-state index contributed by atoms with van der Waals surface area (Å²) < 4.78 is 11.8. The molecule has 1 fully saturated rings. The van der Waals surface area contributed by atoms with Crippen molar-refractivity contribution in [2.45, 2.75) is 91.1 Å². The van der Waals surface area contributed by atoms with Gasteiger partial charge in [0.15, 0.2) is 23.0 Å². The molecule has 200 valence electrons. The van der Waals surface area contributed by atoms with Crippen molar-refractivity contribution in [2.24, 2.45) is 0 Å². The molecule has 36 heavy (non-hydrogen) atoms. The summed E-state index contributed by atoms with van der Waals surface area (Å²) in [5.74, 6) is 1.51. The minimum Gasteiger partial charge on any atom is -0.504 e. The average molecular weight is 499 g/mol. The Morgan fingerprint density at radius 2 is 1.08 bits per heavy atom. The van der Waals surface area contributed by atoms with Crippen molar-refractivity contribution in [1.29, 1.82) is 0 Å². The summed E-state index contributed by atoms with van der Waals surface area (Å²) in [6.45, 7) is 11.8. The second kappa shape index (κ2) is 14.1. The van der Waals surface area contributed by atoms with Crippen molar-refractivity contribution < 1.29 is 19.7 Å². The van der Waals surface area contributed by atoms with Gasteiger partial charge in [0.2, 0.25) is 0 Å². The minimum absolute atomic E-state index is 0.194. The number of nitrogens with zero attached hydrogens (tertiary/aromatic N) is 2. The largest absolute Gasteiger partial charge is 0.504 e. The third-order valence-electron chi connectivity index (χ3n) is 7.05. The predicted molar refractivity (Wildman–Crippen MR) is 149 cm³/mol. The number of ether oxygens (including phenoxy) is 2. The molecule has 2 aromatic carbocycles. The molecule has 2 unspecified atom stereocenters. The summed E-state index contributed by atoms with van der Waals surface area (Å²) in [7, 11) is 0. The molecule has 2 atom stereocenters. The van der Waals surface area contributed by atoms with Crippen LogP contribution in [0.3, 0.4) is 0 Å². The highest BCUT2D eigenvalue weighted by Gasteiger charge is 2.30. The molecule has 1 aliphatic rings. The highest BCUT2D eigenvalue weighted by molar-refractivity contribution is 5.61. The van der Waals surface area contributed by atoms with Crippen LogP contribution < -0.4 is 19.3 Å². The Hall–Kier alpha value is -2.76. The summed E-state index contributed by atoms with van der Waals surface area (Å²) >= 11 is 0. The zero-order chi connectivity index (χ0) is 25.9. The van der Waals surface area contributed by atoms with Gasteiger partial charge in [-0.2, -0.15) is 0 Å². The highest BCUT2D eigenvalue weighted by Crippen LogP contribution is 2.36. The number of hydrogen-bond donors (Lipinski definition) is 2. The van der Waals surface area contributed by atoms with E-state index < -0.39 is 0 Å². The Labute approximate surface area is 217 Å². The van der Waals surface area contributed by atoms with E-state index in [0.29, 0.717) is 24.7 Å². The van der Waals surface area contributed by atoms with E-state index in [1.165, 1.54) is 25.7 Å². The lowest BCUT2D eigenvalue weighted by Crippen LogP contribution is -2.56. The third-order valence-corrected chi connectivity index (χ3v) is 7.05. The first-order valence-electron chi connectivity index (χ1n) is 13.9. The molecule has 1 saturated heterocycles. The van der Waals surface area contributed by atoms with E-state index in [2.05, 4.69) is 37.5 Å². The Morgan fingerprint density at radius 1 is 0.667 bits per heavy atom. The van der Waals surface area contributed by atoms with Crippen molar-refractivity contribution in [3.8, 4) is 23.0 Å². The molecule has 1 aliphatic heterocycles. The maximum atomic E-state index is 10.3. The van der Waals surface area contributed by atoms with Crippen LogP contribution in [-0.2, 0) is 0 Å². The fourth-order valence-electron chi connectivity index (χ4n) is 4.86. The van der Waals surface area contributed by atoms with Crippen LogP contribution in [0.2, 0.25) is 0 Å². The van der Waals surface area contributed by atoms with Crippen LogP contribution in [0, 0.1) is 0 Å². The minimum atomic E-state index is 0.194. The fraction of sp³-hybridized carbons (Fsp3) is 0.600. The summed E-state index contributed by atoms with van der Waals surface area (Å²) in [5, 5.41) is 20.6. The van der Waals surface area contributed by atoms with Gasteiger partial charge in [0.05, 0.1) is 13.2 Å². The molecule has 0 spiro atoms. The number of aromatic hydroxyl groups is 2. The number of rotatable bonds is 14. The highest BCUT2D eigenvalue weighted by atomic mass is 16.5. The van der Waals surface area contributed by atoms with E-state index in [4.69, 9.17) is 9.47 Å². The van der Waals surface area contributed by atoms with Crippen LogP contribution in [0.5, 0.6) is 23.0 Å². The maximum Gasteiger partial charge on any atom is 0.162 e. The quantitative estimate of drug-likeness (QED) is 0.270. The molecule has 0 aliphatic carbocycles. The van der Waals surface area contributed by atoms with Crippen LogP contribution in [0.25, 0.3) is 0 Å². The first-order valence-corrected chi connectivity index (χ1v) is 13.9. The molecular weight excluding hydrogens is 452 g/mol. The molecule has 0 amide bonds. The monoisotopic (exact) mass is 498 g/mol. The molecular formula is C30H46N2O4. The molecule has 0 radical (unpaired) electrons. The number of anilines is 2. The first kappa shape index (κ1) is 27.8. The molecule has 6 heteroatoms. The second-order valence-corrected chi connectivity index (χ2v) is 10.1. The fourth-order valence-corrected chi connectivity index (χ4v) is 4.86. The van der Waals surface area contributed by atoms with Gasteiger partial charge in [-0.15, -0.1) is 0 Å². The number of hydrogen-bond acceptors (Lipinski definition) is 6. The summed E-state index contributed by atoms with van der Waals surface area (Å²) in [6.07, 6.45) is 9.11. The van der Waals surface area contributed by atoms with Crippen molar-refractivity contribution in [2.75, 3.05) is 36.1 Å². The van der Waals surface area contributed by atoms with Crippen molar-refractivity contribution in [3.05, 3.63) is 36.4 Å². The summed E-state index contributed by atoms with van der Waals surface area (Å²) in [6, 6.07) is 11.9. The van der Waals surface area contributed by atoms with Crippen LogP contribution in [0.4, 0.5) is 11.4 Å². The van der Waals surface area contributed by atoms with E-state index in [0.717, 1.165) is 50.1 Å². The normalized spacial score (nSPS) is 17.9. The third kappa shape index (κ3) is 7.62. The molecule has 3 rings (SSSR count). The molecule has 6 nitrogen and oxygen atoms in total. The smallest absolute Gasteiger partial charge is 0.162 e.